The van der Waals surface area contributed by atoms with Gasteiger partial charge in [-0.3, -0.25) is 5.32 Å². The molecule has 0 aliphatic heterocycles. The molecular weight excluding hydrogens is 314 g/mol. The number of aromatic nitrogens is 1. The van der Waals surface area contributed by atoms with E-state index in [0.29, 0.717) is 5.13 Å². The van der Waals surface area contributed by atoms with E-state index in [9.17, 15) is 4.79 Å². The Morgan fingerprint density at radius 1 is 1.28 bits per heavy atom. The summed E-state index contributed by atoms with van der Waals surface area (Å²) < 4.78 is 0.839. The van der Waals surface area contributed by atoms with E-state index in [1.165, 1.54) is 11.3 Å². The maximum atomic E-state index is 11.8. The summed E-state index contributed by atoms with van der Waals surface area (Å²) in [6.07, 6.45) is 0. The van der Waals surface area contributed by atoms with Crippen LogP contribution >= 0.6 is 27.3 Å². The molecule has 1 aromatic heterocycles. The van der Waals surface area contributed by atoms with Crippen LogP contribution in [0.15, 0.2) is 28.7 Å². The highest BCUT2D eigenvalue weighted by atomic mass is 79.9. The van der Waals surface area contributed by atoms with E-state index in [0.717, 1.165) is 20.7 Å². The largest absolute Gasteiger partial charge is 0.325 e. The summed E-state index contributed by atoms with van der Waals surface area (Å²) in [6, 6.07) is 7.14. The second-order valence-electron chi connectivity index (χ2n) is 3.72. The highest BCUT2D eigenvalue weighted by Crippen LogP contribution is 2.23. The second-order valence-corrected chi connectivity index (χ2v) is 5.78. The van der Waals surface area contributed by atoms with Crippen LogP contribution in [0.2, 0.25) is 0 Å². The molecule has 2 N–H and O–H groups in total. The van der Waals surface area contributed by atoms with Crippen molar-refractivity contribution in [3.63, 3.8) is 0 Å². The number of aryl methyl sites for hydroxylation is 2. The van der Waals surface area contributed by atoms with Crippen LogP contribution in [0, 0.1) is 13.8 Å². The number of urea groups is 1. The van der Waals surface area contributed by atoms with Gasteiger partial charge in [0.15, 0.2) is 5.13 Å². The Labute approximate surface area is 118 Å². The minimum absolute atomic E-state index is 0.296. The third-order valence-corrected chi connectivity index (χ3v) is 4.05. The van der Waals surface area contributed by atoms with Crippen LogP contribution in [0.1, 0.15) is 10.6 Å². The number of rotatable bonds is 2. The molecule has 2 amide bonds. The van der Waals surface area contributed by atoms with Crippen LogP contribution in [0.4, 0.5) is 15.6 Å². The molecule has 0 unspecified atom stereocenters. The summed E-state index contributed by atoms with van der Waals surface area (Å²) in [6.45, 7) is 3.90. The number of hydrogen-bond acceptors (Lipinski definition) is 3. The van der Waals surface area contributed by atoms with Crippen LogP contribution in [-0.4, -0.2) is 11.0 Å². The third kappa shape index (κ3) is 3.08. The molecule has 1 aromatic carbocycles. The number of benzene rings is 1. The monoisotopic (exact) mass is 325 g/mol. The van der Waals surface area contributed by atoms with E-state index < -0.39 is 0 Å². The van der Waals surface area contributed by atoms with E-state index >= 15 is 0 Å². The number of thiazole rings is 1. The molecule has 2 aromatic rings. The summed E-state index contributed by atoms with van der Waals surface area (Å²) in [5.41, 5.74) is 1.66. The molecule has 2 rings (SSSR count). The summed E-state index contributed by atoms with van der Waals surface area (Å²) in [7, 11) is 0. The number of para-hydroxylation sites is 1. The minimum Gasteiger partial charge on any atom is -0.307 e. The first-order valence-corrected chi connectivity index (χ1v) is 6.94. The van der Waals surface area contributed by atoms with Gasteiger partial charge in [0.1, 0.15) is 0 Å². The van der Waals surface area contributed by atoms with Gasteiger partial charge >= 0.3 is 6.03 Å². The second kappa shape index (κ2) is 5.49. The lowest BCUT2D eigenvalue weighted by Crippen LogP contribution is -2.19. The van der Waals surface area contributed by atoms with Crippen molar-refractivity contribution in [1.29, 1.82) is 0 Å². The standard InChI is InChI=1S/C12H12BrN3OS/c1-7-8(2)18-12(14-7)16-11(17)15-10-6-4-3-5-9(10)13/h3-6H,1-2H3,(H2,14,15,16,17). The van der Waals surface area contributed by atoms with Gasteiger partial charge in [0, 0.05) is 9.35 Å². The Morgan fingerprint density at radius 2 is 2.00 bits per heavy atom. The highest BCUT2D eigenvalue weighted by Gasteiger charge is 2.08. The first kappa shape index (κ1) is 13.0. The molecule has 0 spiro atoms. The number of carbonyl (C=O) groups is 1. The van der Waals surface area contributed by atoms with Crippen LogP contribution < -0.4 is 10.6 Å². The summed E-state index contributed by atoms with van der Waals surface area (Å²) in [5.74, 6) is 0. The molecule has 94 valence electrons. The summed E-state index contributed by atoms with van der Waals surface area (Å²) in [4.78, 5) is 17.1. The normalized spacial score (nSPS) is 10.2. The number of anilines is 2. The molecule has 18 heavy (non-hydrogen) atoms. The molecule has 0 bridgehead atoms. The molecule has 4 nitrogen and oxygen atoms in total. The number of hydrogen-bond donors (Lipinski definition) is 2. The third-order valence-electron chi connectivity index (χ3n) is 2.37. The van der Waals surface area contributed by atoms with E-state index in [1.54, 1.807) is 0 Å². The van der Waals surface area contributed by atoms with Gasteiger partial charge in [-0.2, -0.15) is 0 Å². The Hall–Kier alpha value is -1.40. The topological polar surface area (TPSA) is 54.0 Å². The lowest BCUT2D eigenvalue weighted by molar-refractivity contribution is 0.262. The Kier molecular flexibility index (Phi) is 3.98. The quantitative estimate of drug-likeness (QED) is 0.870. The van der Waals surface area contributed by atoms with Crippen molar-refractivity contribution in [2.24, 2.45) is 0 Å². The first-order valence-electron chi connectivity index (χ1n) is 5.33. The van der Waals surface area contributed by atoms with Gasteiger partial charge in [0.2, 0.25) is 0 Å². The van der Waals surface area contributed by atoms with Crippen LogP contribution in [-0.2, 0) is 0 Å². The minimum atomic E-state index is -0.296. The molecule has 0 radical (unpaired) electrons. The van der Waals surface area contributed by atoms with Gasteiger partial charge in [0.05, 0.1) is 11.4 Å². The SMILES string of the molecule is Cc1nc(NC(=O)Nc2ccccc2Br)sc1C. The molecule has 0 fully saturated rings. The Bertz CT molecular complexity index is 563. The average Bonchev–Trinajstić information content (AvgIpc) is 2.61. The Balaban J connectivity index is 2.03. The van der Waals surface area contributed by atoms with Crippen LogP contribution in [0.5, 0.6) is 0 Å². The number of nitrogens with one attached hydrogen (secondary N) is 2. The van der Waals surface area contributed by atoms with Crippen LogP contribution in [0.25, 0.3) is 0 Å². The van der Waals surface area contributed by atoms with Gasteiger partial charge in [0.25, 0.3) is 0 Å². The highest BCUT2D eigenvalue weighted by molar-refractivity contribution is 9.10. The average molecular weight is 326 g/mol. The zero-order valence-electron chi connectivity index (χ0n) is 9.95. The van der Waals surface area contributed by atoms with E-state index in [1.807, 2.05) is 38.1 Å². The number of nitrogens with zero attached hydrogens (tertiary/aromatic N) is 1. The number of amides is 2. The van der Waals surface area contributed by atoms with Crippen molar-refractivity contribution in [1.82, 2.24) is 4.98 Å². The van der Waals surface area contributed by atoms with Gasteiger partial charge in [-0.1, -0.05) is 12.1 Å². The molecule has 0 saturated heterocycles. The molecule has 1 heterocycles. The summed E-state index contributed by atoms with van der Waals surface area (Å²) >= 11 is 4.83. The maximum absolute atomic E-state index is 11.8. The predicted octanol–water partition coefficient (Wildman–Crippen LogP) is 4.17. The van der Waals surface area contributed by atoms with Crippen LogP contribution in [0.3, 0.4) is 0 Å². The lowest BCUT2D eigenvalue weighted by Gasteiger charge is -2.06. The molecule has 0 aliphatic carbocycles. The van der Waals surface area contributed by atoms with Crippen molar-refractivity contribution in [3.05, 3.63) is 39.3 Å². The fraction of sp³-hybridized carbons (Fsp3) is 0.167. The number of carbonyl (C=O) groups excluding carboxylic acids is 1. The van der Waals surface area contributed by atoms with E-state index in [4.69, 9.17) is 0 Å². The molecule has 6 heteroatoms. The Morgan fingerprint density at radius 3 is 2.61 bits per heavy atom. The van der Waals surface area contributed by atoms with E-state index in [2.05, 4.69) is 31.5 Å². The van der Waals surface area contributed by atoms with Gasteiger partial charge < -0.3 is 5.32 Å². The first-order chi connectivity index (χ1) is 8.56. The smallest absolute Gasteiger partial charge is 0.307 e. The lowest BCUT2D eigenvalue weighted by atomic mass is 10.3. The fourth-order valence-electron chi connectivity index (χ4n) is 1.34. The van der Waals surface area contributed by atoms with Crippen molar-refractivity contribution >= 4 is 44.1 Å². The van der Waals surface area contributed by atoms with Gasteiger partial charge in [-0.15, -0.1) is 11.3 Å². The maximum Gasteiger partial charge on any atom is 0.325 e. The molecule has 0 atom stereocenters. The summed E-state index contributed by atoms with van der Waals surface area (Å²) in [5, 5.41) is 6.08. The molecule has 0 aliphatic rings. The number of halogens is 1. The van der Waals surface area contributed by atoms with Crippen molar-refractivity contribution in [2.45, 2.75) is 13.8 Å². The fourth-order valence-corrected chi connectivity index (χ4v) is 2.53. The zero-order chi connectivity index (χ0) is 13.1. The van der Waals surface area contributed by atoms with Gasteiger partial charge in [-0.25, -0.2) is 9.78 Å². The van der Waals surface area contributed by atoms with E-state index in [-0.39, 0.29) is 6.03 Å². The predicted molar refractivity (Wildman–Crippen MR) is 78.4 cm³/mol. The zero-order valence-corrected chi connectivity index (χ0v) is 12.4. The molecular formula is C12H12BrN3OS. The van der Waals surface area contributed by atoms with Crippen molar-refractivity contribution < 1.29 is 4.79 Å². The van der Waals surface area contributed by atoms with Gasteiger partial charge in [-0.05, 0) is 41.9 Å². The van der Waals surface area contributed by atoms with Crippen molar-refractivity contribution in [3.8, 4) is 0 Å². The molecule has 0 saturated carbocycles. The van der Waals surface area contributed by atoms with Crippen molar-refractivity contribution in [2.75, 3.05) is 10.6 Å².